The highest BCUT2D eigenvalue weighted by Gasteiger charge is 2.56. The first-order valence-corrected chi connectivity index (χ1v) is 14.5. The van der Waals surface area contributed by atoms with E-state index in [0.29, 0.717) is 11.3 Å². The van der Waals surface area contributed by atoms with Gasteiger partial charge in [0.25, 0.3) is 0 Å². The molecule has 0 spiro atoms. The molecule has 3 heterocycles. The molecular weight excluding hydrogens is 577 g/mol. The molecule has 0 unspecified atom stereocenters. The van der Waals surface area contributed by atoms with Crippen molar-refractivity contribution >= 4 is 48.2 Å². The summed E-state index contributed by atoms with van der Waals surface area (Å²) in [5.41, 5.74) is 6.47. The minimum Gasteiger partial charge on any atom is -0.462 e. The summed E-state index contributed by atoms with van der Waals surface area (Å²) >= 11 is 6.74. The first kappa shape index (κ1) is 30.5. The summed E-state index contributed by atoms with van der Waals surface area (Å²) in [6.07, 6.45) is 2.85. The van der Waals surface area contributed by atoms with Crippen LogP contribution in [0.3, 0.4) is 0 Å². The molecule has 3 aromatic rings. The van der Waals surface area contributed by atoms with Gasteiger partial charge < -0.3 is 30.2 Å². The number of esters is 1. The van der Waals surface area contributed by atoms with Crippen molar-refractivity contribution in [3.8, 4) is 18.1 Å². The molecule has 5 N–H and O–H groups in total. The summed E-state index contributed by atoms with van der Waals surface area (Å²) < 4.78 is 37.8. The largest absolute Gasteiger partial charge is 0.462 e. The molecule has 0 radical (unpaired) electrons. The van der Waals surface area contributed by atoms with Crippen LogP contribution in [0.1, 0.15) is 27.0 Å². The fourth-order valence-corrected chi connectivity index (χ4v) is 5.90. The zero-order chi connectivity index (χ0) is 29.9. The molecule has 0 aliphatic carbocycles. The predicted octanol–water partition coefficient (Wildman–Crippen LogP) is 2.45. The summed E-state index contributed by atoms with van der Waals surface area (Å²) in [4.78, 5) is 23.2. The van der Waals surface area contributed by atoms with Gasteiger partial charge >= 0.3 is 13.7 Å². The van der Waals surface area contributed by atoms with Gasteiger partial charge in [0.15, 0.2) is 28.1 Å². The molecule has 1 fully saturated rings. The Morgan fingerprint density at radius 1 is 1.34 bits per heavy atom. The van der Waals surface area contributed by atoms with Gasteiger partial charge in [-0.05, 0) is 32.9 Å². The number of rotatable bonds is 11. The van der Waals surface area contributed by atoms with Gasteiger partial charge in [0.1, 0.15) is 24.0 Å². The number of fused-ring (bicyclic) bond motifs is 1. The van der Waals surface area contributed by atoms with Crippen LogP contribution < -0.4 is 20.7 Å². The molecule has 14 nitrogen and oxygen atoms in total. The summed E-state index contributed by atoms with van der Waals surface area (Å²) in [7, 11) is -2.62. The topological polar surface area (TPSA) is 185 Å². The monoisotopic (exact) mass is 607 g/mol. The highest BCUT2D eigenvalue weighted by Crippen LogP contribution is 2.48. The predicted molar refractivity (Wildman–Crippen MR) is 151 cm³/mol. The van der Waals surface area contributed by atoms with Gasteiger partial charge in [-0.1, -0.05) is 35.7 Å². The van der Waals surface area contributed by atoms with Crippen LogP contribution in [0, 0.1) is 12.3 Å². The van der Waals surface area contributed by atoms with Gasteiger partial charge in [0.2, 0.25) is 5.95 Å². The van der Waals surface area contributed by atoms with Crippen LogP contribution in [-0.4, -0.2) is 73.5 Å². The van der Waals surface area contributed by atoms with E-state index >= 15 is 0 Å². The summed E-state index contributed by atoms with van der Waals surface area (Å²) in [5, 5.41) is 16.6. The minimum absolute atomic E-state index is 0.0434. The highest BCUT2D eigenvalue weighted by atomic mass is 35.5. The summed E-state index contributed by atoms with van der Waals surface area (Å²) in [6, 6.07) is 7.14. The van der Waals surface area contributed by atoms with E-state index in [1.54, 1.807) is 51.2 Å². The van der Waals surface area contributed by atoms with Gasteiger partial charge in [0, 0.05) is 7.05 Å². The Labute approximate surface area is 241 Å². The summed E-state index contributed by atoms with van der Waals surface area (Å²) in [5.74, 6) is 2.24. The van der Waals surface area contributed by atoms with Gasteiger partial charge in [-0.2, -0.15) is 15.1 Å². The van der Waals surface area contributed by atoms with Crippen molar-refractivity contribution in [2.75, 3.05) is 24.7 Å². The maximum atomic E-state index is 13.8. The fraction of sp³-hybridized carbons (Fsp3) is 0.440. The number of terminal acetylenes is 1. The molecule has 1 aliphatic rings. The number of benzene rings is 1. The number of hydrogen-bond donors (Lipinski definition) is 4. The molecule has 0 saturated carbocycles. The average Bonchev–Trinajstić information content (AvgIpc) is 3.45. The number of aliphatic hydroxyl groups excluding tert-OH is 1. The van der Waals surface area contributed by atoms with Gasteiger partial charge in [-0.3, -0.25) is 13.9 Å². The second kappa shape index (κ2) is 12.2. The van der Waals surface area contributed by atoms with E-state index in [4.69, 9.17) is 42.3 Å². The van der Waals surface area contributed by atoms with Crippen LogP contribution in [0.15, 0.2) is 36.7 Å². The molecule has 41 heavy (non-hydrogen) atoms. The number of halogens is 1. The van der Waals surface area contributed by atoms with E-state index in [2.05, 4.69) is 31.3 Å². The maximum absolute atomic E-state index is 13.8. The second-order valence-corrected chi connectivity index (χ2v) is 11.7. The third-order valence-electron chi connectivity index (χ3n) is 6.03. The maximum Gasteiger partial charge on any atom is 0.459 e. The van der Waals surface area contributed by atoms with Crippen molar-refractivity contribution in [2.45, 2.75) is 56.2 Å². The standard InChI is InChI=1S/C25H31ClN7O7P/c1-6-25(26)19(34)17(39-23(25)33-13-29-18-20(28-5)30-24(27)31-21(18)33)12-37-41(36,40-16-10-8-7-9-11-16)32-15(4)22(35)38-14(2)3/h1,7-11,13-15,17,19,23,34H,12H2,2-5H3,(H,32,36)(H3,27,28,30,31)/t15-,17+,19+,23+,25+,41+/m0/s1. The molecule has 1 saturated heterocycles. The zero-order valence-electron chi connectivity index (χ0n) is 22.7. The van der Waals surface area contributed by atoms with Gasteiger partial charge in [-0.15, -0.1) is 6.42 Å². The lowest BCUT2D eigenvalue weighted by Gasteiger charge is -2.26. The van der Waals surface area contributed by atoms with Crippen LogP contribution in [0.4, 0.5) is 11.8 Å². The number of ether oxygens (including phenoxy) is 2. The lowest BCUT2D eigenvalue weighted by atomic mass is 9.99. The number of anilines is 2. The van der Waals surface area contributed by atoms with Crippen molar-refractivity contribution in [3.05, 3.63) is 36.7 Å². The normalized spacial score (nSPS) is 24.5. The summed E-state index contributed by atoms with van der Waals surface area (Å²) in [6.45, 7) is 4.32. The van der Waals surface area contributed by atoms with E-state index < -0.39 is 55.8 Å². The van der Waals surface area contributed by atoms with E-state index in [0.717, 1.165) is 0 Å². The number of alkyl halides is 1. The lowest BCUT2D eigenvalue weighted by Crippen LogP contribution is -2.41. The minimum atomic E-state index is -4.26. The molecule has 0 amide bonds. The molecule has 1 aliphatic heterocycles. The zero-order valence-corrected chi connectivity index (χ0v) is 24.4. The Kier molecular flexibility index (Phi) is 9.08. The van der Waals surface area contributed by atoms with Crippen LogP contribution in [0.25, 0.3) is 11.2 Å². The van der Waals surface area contributed by atoms with Crippen LogP contribution in [0.2, 0.25) is 0 Å². The Bertz CT molecular complexity index is 1480. The smallest absolute Gasteiger partial charge is 0.459 e. The number of carbonyl (C=O) groups is 1. The molecule has 16 heteroatoms. The quantitative estimate of drug-likeness (QED) is 0.108. The highest BCUT2D eigenvalue weighted by molar-refractivity contribution is 7.52. The van der Waals surface area contributed by atoms with E-state index in [1.807, 2.05) is 0 Å². The number of nitrogens with one attached hydrogen (secondary N) is 2. The first-order chi connectivity index (χ1) is 19.4. The fourth-order valence-electron chi connectivity index (χ4n) is 4.10. The van der Waals surface area contributed by atoms with Crippen molar-refractivity contribution in [3.63, 3.8) is 0 Å². The number of hydrogen-bond acceptors (Lipinski definition) is 12. The van der Waals surface area contributed by atoms with Crippen LogP contribution in [0.5, 0.6) is 5.75 Å². The second-order valence-electron chi connectivity index (χ2n) is 9.42. The molecule has 2 aromatic heterocycles. The van der Waals surface area contributed by atoms with Gasteiger partial charge in [-0.25, -0.2) is 9.55 Å². The number of nitrogens with two attached hydrogens (primary N) is 1. The number of aliphatic hydroxyl groups is 1. The number of aromatic nitrogens is 4. The molecule has 0 bridgehead atoms. The Morgan fingerprint density at radius 2 is 2.05 bits per heavy atom. The van der Waals surface area contributed by atoms with E-state index in [9.17, 15) is 14.5 Å². The number of carbonyl (C=O) groups excluding carboxylic acids is 1. The van der Waals surface area contributed by atoms with Crippen molar-refractivity contribution in [2.24, 2.45) is 0 Å². The number of para-hydroxylation sites is 1. The van der Waals surface area contributed by atoms with Crippen LogP contribution in [-0.2, 0) is 23.4 Å². The Balaban J connectivity index is 1.60. The molecule has 220 valence electrons. The Morgan fingerprint density at radius 3 is 2.68 bits per heavy atom. The number of imidazole rings is 1. The third-order valence-corrected chi connectivity index (χ3v) is 8.19. The number of nitrogens with zero attached hydrogens (tertiary/aromatic N) is 4. The Hall–Kier alpha value is -3.44. The third kappa shape index (κ3) is 6.41. The van der Waals surface area contributed by atoms with Crippen LogP contribution >= 0.6 is 19.3 Å². The molecular formula is C25H31ClN7O7P. The van der Waals surface area contributed by atoms with E-state index in [-0.39, 0.29) is 17.3 Å². The molecule has 6 atom stereocenters. The molecule has 4 rings (SSSR count). The van der Waals surface area contributed by atoms with Crippen molar-refractivity contribution in [1.82, 2.24) is 24.6 Å². The van der Waals surface area contributed by atoms with Crippen molar-refractivity contribution < 1.29 is 33.0 Å². The first-order valence-electron chi connectivity index (χ1n) is 12.6. The SMILES string of the molecule is C#C[C@@]1(Cl)[C@H](O)[C@@H](CO[P@](=O)(N[C@@H](C)C(=O)OC(C)C)Oc2ccccc2)O[C@H]1n1cnc2c(NC)nc(N)nc21. The molecule has 1 aromatic carbocycles. The van der Waals surface area contributed by atoms with E-state index in [1.165, 1.54) is 17.8 Å². The average molecular weight is 608 g/mol. The van der Waals surface area contributed by atoms with Gasteiger partial charge in [0.05, 0.1) is 19.0 Å². The van der Waals surface area contributed by atoms with Crippen molar-refractivity contribution in [1.29, 1.82) is 0 Å². The lowest BCUT2D eigenvalue weighted by molar-refractivity contribution is -0.149. The number of nitrogen functional groups attached to an aromatic ring is 1.